The first-order chi connectivity index (χ1) is 9.48. The van der Waals surface area contributed by atoms with Crippen molar-refractivity contribution >= 4 is 5.91 Å². The first-order valence-electron chi connectivity index (χ1n) is 7.36. The zero-order valence-corrected chi connectivity index (χ0v) is 12.1. The van der Waals surface area contributed by atoms with Gasteiger partial charge in [0.1, 0.15) is 5.75 Å². The number of hydrogen-bond donors (Lipinski definition) is 3. The maximum Gasteiger partial charge on any atom is 0.222 e. The molecule has 0 spiro atoms. The Morgan fingerprint density at radius 2 is 2.10 bits per heavy atom. The van der Waals surface area contributed by atoms with E-state index in [1.165, 1.54) is 6.42 Å². The minimum absolute atomic E-state index is 0.00903. The molecule has 110 valence electrons. The molecule has 1 saturated carbocycles. The van der Waals surface area contributed by atoms with Gasteiger partial charge < -0.3 is 16.2 Å². The van der Waals surface area contributed by atoms with Crippen LogP contribution in [0.1, 0.15) is 57.1 Å². The van der Waals surface area contributed by atoms with Crippen molar-refractivity contribution in [3.63, 3.8) is 0 Å². The van der Waals surface area contributed by atoms with Crippen LogP contribution in [-0.2, 0) is 4.79 Å². The number of carbonyl (C=O) groups is 1. The number of benzene rings is 1. The molecule has 1 unspecified atom stereocenters. The Labute approximate surface area is 120 Å². The number of nitrogens with one attached hydrogen (secondary N) is 1. The number of hydrogen-bond acceptors (Lipinski definition) is 3. The van der Waals surface area contributed by atoms with Crippen LogP contribution in [0.2, 0.25) is 0 Å². The molecule has 0 saturated heterocycles. The van der Waals surface area contributed by atoms with Crippen LogP contribution in [0.5, 0.6) is 5.75 Å². The van der Waals surface area contributed by atoms with Crippen molar-refractivity contribution in [1.29, 1.82) is 0 Å². The van der Waals surface area contributed by atoms with E-state index in [-0.39, 0.29) is 23.2 Å². The van der Waals surface area contributed by atoms with Gasteiger partial charge in [-0.25, -0.2) is 0 Å². The number of rotatable bonds is 4. The summed E-state index contributed by atoms with van der Waals surface area (Å²) in [6.07, 6.45) is 5.70. The topological polar surface area (TPSA) is 75.4 Å². The molecule has 0 aromatic heterocycles. The van der Waals surface area contributed by atoms with E-state index in [2.05, 4.69) is 5.32 Å². The van der Waals surface area contributed by atoms with E-state index < -0.39 is 0 Å². The van der Waals surface area contributed by atoms with Gasteiger partial charge >= 0.3 is 0 Å². The maximum absolute atomic E-state index is 12.1. The fourth-order valence-electron chi connectivity index (χ4n) is 2.92. The third-order valence-corrected chi connectivity index (χ3v) is 4.11. The van der Waals surface area contributed by atoms with Crippen molar-refractivity contribution < 1.29 is 9.90 Å². The summed E-state index contributed by atoms with van der Waals surface area (Å²) in [5.41, 5.74) is 6.86. The Balaban J connectivity index is 1.90. The summed E-state index contributed by atoms with van der Waals surface area (Å²) in [4.78, 5) is 12.1. The normalized spacial score (nSPS) is 19.3. The largest absolute Gasteiger partial charge is 0.508 e. The van der Waals surface area contributed by atoms with Crippen LogP contribution in [0, 0.1) is 0 Å². The second kappa shape index (κ2) is 6.27. The minimum Gasteiger partial charge on any atom is -0.508 e. The SMILES string of the molecule is CC(NC(=O)CC1(N)CCCCC1)c1cccc(O)c1. The fraction of sp³-hybridized carbons (Fsp3) is 0.562. The summed E-state index contributed by atoms with van der Waals surface area (Å²) in [6, 6.07) is 6.84. The predicted octanol–water partition coefficient (Wildman–Crippen LogP) is 2.62. The van der Waals surface area contributed by atoms with Crippen LogP contribution in [-0.4, -0.2) is 16.6 Å². The van der Waals surface area contributed by atoms with Crippen molar-refractivity contribution in [3.05, 3.63) is 29.8 Å². The quantitative estimate of drug-likeness (QED) is 0.791. The third-order valence-electron chi connectivity index (χ3n) is 4.11. The van der Waals surface area contributed by atoms with Gasteiger partial charge in [0.25, 0.3) is 0 Å². The fourth-order valence-corrected chi connectivity index (χ4v) is 2.92. The second-order valence-corrected chi connectivity index (χ2v) is 5.98. The van der Waals surface area contributed by atoms with Gasteiger partial charge in [0, 0.05) is 12.0 Å². The minimum atomic E-state index is -0.332. The monoisotopic (exact) mass is 276 g/mol. The van der Waals surface area contributed by atoms with E-state index in [1.807, 2.05) is 13.0 Å². The highest BCUT2D eigenvalue weighted by atomic mass is 16.3. The van der Waals surface area contributed by atoms with Gasteiger partial charge in [0.05, 0.1) is 6.04 Å². The second-order valence-electron chi connectivity index (χ2n) is 5.98. The molecule has 1 atom stereocenters. The highest BCUT2D eigenvalue weighted by Gasteiger charge is 2.30. The van der Waals surface area contributed by atoms with Gasteiger partial charge in [-0.3, -0.25) is 4.79 Å². The summed E-state index contributed by atoms with van der Waals surface area (Å²) in [5.74, 6) is 0.205. The Kier molecular flexibility index (Phi) is 4.65. The van der Waals surface area contributed by atoms with Gasteiger partial charge in [0.2, 0.25) is 5.91 Å². The summed E-state index contributed by atoms with van der Waals surface area (Å²) in [6.45, 7) is 1.91. The Bertz CT molecular complexity index is 467. The molecule has 0 bridgehead atoms. The van der Waals surface area contributed by atoms with E-state index in [0.29, 0.717) is 6.42 Å². The molecule has 4 heteroatoms. The van der Waals surface area contributed by atoms with Crippen molar-refractivity contribution in [3.8, 4) is 5.75 Å². The lowest BCUT2D eigenvalue weighted by Crippen LogP contribution is -2.46. The molecule has 4 nitrogen and oxygen atoms in total. The Morgan fingerprint density at radius 1 is 1.40 bits per heavy atom. The van der Waals surface area contributed by atoms with Crippen LogP contribution in [0.15, 0.2) is 24.3 Å². The molecule has 4 N–H and O–H groups in total. The van der Waals surface area contributed by atoms with Gasteiger partial charge in [-0.2, -0.15) is 0 Å². The molecule has 0 heterocycles. The first kappa shape index (κ1) is 14.9. The van der Waals surface area contributed by atoms with Crippen LogP contribution >= 0.6 is 0 Å². The van der Waals surface area contributed by atoms with Gasteiger partial charge in [-0.05, 0) is 37.5 Å². The van der Waals surface area contributed by atoms with Crippen LogP contribution < -0.4 is 11.1 Å². The van der Waals surface area contributed by atoms with E-state index in [1.54, 1.807) is 18.2 Å². The molecule has 1 aliphatic rings. The number of amides is 1. The lowest BCUT2D eigenvalue weighted by atomic mass is 9.80. The molecule has 20 heavy (non-hydrogen) atoms. The van der Waals surface area contributed by atoms with Crippen molar-refractivity contribution in [2.45, 2.75) is 57.0 Å². The van der Waals surface area contributed by atoms with Crippen LogP contribution in [0.3, 0.4) is 0 Å². The van der Waals surface area contributed by atoms with E-state index in [4.69, 9.17) is 5.73 Å². The molecular formula is C16H24N2O2. The van der Waals surface area contributed by atoms with Crippen LogP contribution in [0.4, 0.5) is 0 Å². The predicted molar refractivity (Wildman–Crippen MR) is 79.3 cm³/mol. The van der Waals surface area contributed by atoms with E-state index in [0.717, 1.165) is 31.2 Å². The van der Waals surface area contributed by atoms with Crippen molar-refractivity contribution in [2.75, 3.05) is 0 Å². The standard InChI is InChI=1S/C16H24N2O2/c1-12(13-6-5-7-14(19)10-13)18-15(20)11-16(17)8-3-2-4-9-16/h5-7,10,12,19H,2-4,8-9,11,17H2,1H3,(H,18,20). The molecule has 2 rings (SSSR count). The van der Waals surface area contributed by atoms with Gasteiger partial charge in [-0.1, -0.05) is 31.4 Å². The first-order valence-corrected chi connectivity index (χ1v) is 7.36. The highest BCUT2D eigenvalue weighted by molar-refractivity contribution is 5.77. The number of phenolic OH excluding ortho intramolecular Hbond substituents is 1. The zero-order chi connectivity index (χ0) is 14.6. The molecule has 1 aromatic rings. The molecular weight excluding hydrogens is 252 g/mol. The van der Waals surface area contributed by atoms with Crippen LogP contribution in [0.25, 0.3) is 0 Å². The third kappa shape index (κ3) is 3.97. The van der Waals surface area contributed by atoms with Gasteiger partial charge in [-0.15, -0.1) is 0 Å². The Morgan fingerprint density at radius 3 is 2.75 bits per heavy atom. The summed E-state index contributed by atoms with van der Waals surface area (Å²) in [5, 5.41) is 12.4. The number of aromatic hydroxyl groups is 1. The molecule has 1 amide bonds. The van der Waals surface area contributed by atoms with Gasteiger partial charge in [0.15, 0.2) is 0 Å². The number of phenols is 1. The smallest absolute Gasteiger partial charge is 0.222 e. The molecule has 0 radical (unpaired) electrons. The molecule has 1 fully saturated rings. The molecule has 1 aromatic carbocycles. The summed E-state index contributed by atoms with van der Waals surface area (Å²) >= 11 is 0. The van der Waals surface area contributed by atoms with E-state index >= 15 is 0 Å². The summed E-state index contributed by atoms with van der Waals surface area (Å²) < 4.78 is 0. The molecule has 0 aliphatic heterocycles. The van der Waals surface area contributed by atoms with Crippen molar-refractivity contribution in [2.24, 2.45) is 5.73 Å². The highest BCUT2D eigenvalue weighted by Crippen LogP contribution is 2.29. The number of carbonyl (C=O) groups excluding carboxylic acids is 1. The average molecular weight is 276 g/mol. The lowest BCUT2D eigenvalue weighted by Gasteiger charge is -2.33. The zero-order valence-electron chi connectivity index (χ0n) is 12.1. The summed E-state index contributed by atoms with van der Waals surface area (Å²) in [7, 11) is 0. The van der Waals surface area contributed by atoms with E-state index in [9.17, 15) is 9.90 Å². The Hall–Kier alpha value is -1.55. The lowest BCUT2D eigenvalue weighted by molar-refractivity contribution is -0.123. The molecule has 1 aliphatic carbocycles. The van der Waals surface area contributed by atoms with Crippen molar-refractivity contribution in [1.82, 2.24) is 5.32 Å². The number of nitrogens with two attached hydrogens (primary N) is 1. The average Bonchev–Trinajstić information content (AvgIpc) is 2.38. The maximum atomic E-state index is 12.1.